The molecule has 1 unspecified atom stereocenters. The number of hydrogen-bond donors (Lipinski definition) is 1. The van der Waals surface area contributed by atoms with Gasteiger partial charge in [0.05, 0.1) is 17.2 Å². The van der Waals surface area contributed by atoms with Crippen LogP contribution in [0.5, 0.6) is 0 Å². The molecule has 21 heavy (non-hydrogen) atoms. The van der Waals surface area contributed by atoms with Crippen LogP contribution in [0.15, 0.2) is 24.3 Å². The number of carbonyl (C=O) groups excluding carboxylic acids is 1. The minimum Gasteiger partial charge on any atom is -0.376 e. The van der Waals surface area contributed by atoms with Crippen LogP contribution in [0.2, 0.25) is 0 Å². The summed E-state index contributed by atoms with van der Waals surface area (Å²) >= 11 is 0. The average Bonchev–Trinajstić information content (AvgIpc) is 2.97. The molecule has 0 spiro atoms. The van der Waals surface area contributed by atoms with Crippen LogP contribution in [0.4, 0.5) is 0 Å². The van der Waals surface area contributed by atoms with Gasteiger partial charge in [0.1, 0.15) is 0 Å². The first kappa shape index (κ1) is 14.0. The Morgan fingerprint density at radius 1 is 1.38 bits per heavy atom. The van der Waals surface area contributed by atoms with Gasteiger partial charge in [0.25, 0.3) is 5.91 Å². The highest BCUT2D eigenvalue weighted by atomic mass is 16.5. The normalized spacial score (nSPS) is 18.1. The molecule has 1 atom stereocenters. The van der Waals surface area contributed by atoms with Crippen LogP contribution in [-0.2, 0) is 4.74 Å². The van der Waals surface area contributed by atoms with Gasteiger partial charge in [-0.05, 0) is 44.9 Å². The van der Waals surface area contributed by atoms with E-state index in [-0.39, 0.29) is 12.0 Å². The molecule has 0 radical (unpaired) electrons. The molecular weight excluding hydrogens is 264 g/mol. The molecule has 1 aromatic carbocycles. The molecule has 1 fully saturated rings. The molecule has 0 bridgehead atoms. The van der Waals surface area contributed by atoms with Crippen molar-refractivity contribution in [3.05, 3.63) is 41.1 Å². The first-order valence-electron chi connectivity index (χ1n) is 7.41. The molecule has 4 heteroatoms. The van der Waals surface area contributed by atoms with Gasteiger partial charge < -0.3 is 10.1 Å². The largest absolute Gasteiger partial charge is 0.376 e. The van der Waals surface area contributed by atoms with E-state index in [0.29, 0.717) is 12.1 Å². The van der Waals surface area contributed by atoms with Gasteiger partial charge in [-0.3, -0.25) is 9.78 Å². The molecule has 1 aliphatic rings. The summed E-state index contributed by atoms with van der Waals surface area (Å²) in [6.07, 6.45) is 2.26. The zero-order chi connectivity index (χ0) is 14.8. The maximum atomic E-state index is 12.5. The van der Waals surface area contributed by atoms with E-state index < -0.39 is 0 Å². The fourth-order valence-corrected chi connectivity index (χ4v) is 2.77. The highest BCUT2D eigenvalue weighted by molar-refractivity contribution is 6.06. The lowest BCUT2D eigenvalue weighted by atomic mass is 10.0. The van der Waals surface area contributed by atoms with Gasteiger partial charge >= 0.3 is 0 Å². The van der Waals surface area contributed by atoms with E-state index in [0.717, 1.165) is 41.6 Å². The summed E-state index contributed by atoms with van der Waals surface area (Å²) in [5, 5.41) is 3.90. The molecule has 3 rings (SSSR count). The minimum absolute atomic E-state index is 0.0494. The molecule has 1 aromatic heterocycles. The third-order valence-electron chi connectivity index (χ3n) is 3.85. The number of amides is 1. The molecule has 4 nitrogen and oxygen atoms in total. The lowest BCUT2D eigenvalue weighted by Crippen LogP contribution is -2.32. The number of aryl methyl sites for hydroxylation is 2. The zero-order valence-corrected chi connectivity index (χ0v) is 12.5. The van der Waals surface area contributed by atoms with Gasteiger partial charge in [0, 0.05) is 24.2 Å². The van der Waals surface area contributed by atoms with Crippen molar-refractivity contribution < 1.29 is 9.53 Å². The summed E-state index contributed by atoms with van der Waals surface area (Å²) in [5.74, 6) is -0.0494. The Hall–Kier alpha value is -1.94. The highest BCUT2D eigenvalue weighted by Gasteiger charge is 2.18. The van der Waals surface area contributed by atoms with Crippen LogP contribution in [-0.4, -0.2) is 30.1 Å². The Bertz CT molecular complexity index is 676. The average molecular weight is 284 g/mol. The SMILES string of the molecule is Cc1ccc2nc(C)cc(C(=O)NCC3CCCO3)c2c1. The van der Waals surface area contributed by atoms with E-state index >= 15 is 0 Å². The van der Waals surface area contributed by atoms with Gasteiger partial charge in [0.2, 0.25) is 0 Å². The summed E-state index contributed by atoms with van der Waals surface area (Å²) in [4.78, 5) is 17.0. The minimum atomic E-state index is -0.0494. The van der Waals surface area contributed by atoms with Crippen molar-refractivity contribution in [1.29, 1.82) is 0 Å². The van der Waals surface area contributed by atoms with Crippen molar-refractivity contribution in [3.8, 4) is 0 Å². The molecule has 0 aliphatic carbocycles. The van der Waals surface area contributed by atoms with Crippen LogP contribution in [0.1, 0.15) is 34.5 Å². The number of aromatic nitrogens is 1. The van der Waals surface area contributed by atoms with Crippen molar-refractivity contribution in [2.75, 3.05) is 13.2 Å². The van der Waals surface area contributed by atoms with Crippen LogP contribution < -0.4 is 5.32 Å². The lowest BCUT2D eigenvalue weighted by molar-refractivity contribution is 0.0859. The number of rotatable bonds is 3. The quantitative estimate of drug-likeness (QED) is 0.943. The van der Waals surface area contributed by atoms with Crippen LogP contribution >= 0.6 is 0 Å². The number of nitrogens with zero attached hydrogens (tertiary/aromatic N) is 1. The van der Waals surface area contributed by atoms with Crippen molar-refractivity contribution in [2.45, 2.75) is 32.8 Å². The fraction of sp³-hybridized carbons (Fsp3) is 0.412. The maximum Gasteiger partial charge on any atom is 0.252 e. The molecule has 1 N–H and O–H groups in total. The number of hydrogen-bond acceptors (Lipinski definition) is 3. The molecule has 1 aliphatic heterocycles. The molecule has 2 heterocycles. The van der Waals surface area contributed by atoms with Crippen molar-refractivity contribution in [3.63, 3.8) is 0 Å². The monoisotopic (exact) mass is 284 g/mol. The first-order chi connectivity index (χ1) is 10.1. The smallest absolute Gasteiger partial charge is 0.252 e. The van der Waals surface area contributed by atoms with Crippen molar-refractivity contribution in [1.82, 2.24) is 10.3 Å². The van der Waals surface area contributed by atoms with Crippen LogP contribution in [0.3, 0.4) is 0 Å². The van der Waals surface area contributed by atoms with Crippen molar-refractivity contribution in [2.24, 2.45) is 0 Å². The highest BCUT2D eigenvalue weighted by Crippen LogP contribution is 2.20. The summed E-state index contributed by atoms with van der Waals surface area (Å²) in [6, 6.07) is 7.85. The second kappa shape index (κ2) is 5.82. The van der Waals surface area contributed by atoms with Gasteiger partial charge in [0.15, 0.2) is 0 Å². The fourth-order valence-electron chi connectivity index (χ4n) is 2.77. The number of benzene rings is 1. The number of pyridine rings is 1. The van der Waals surface area contributed by atoms with E-state index in [9.17, 15) is 4.79 Å². The summed E-state index contributed by atoms with van der Waals surface area (Å²) in [6.45, 7) is 5.31. The summed E-state index contributed by atoms with van der Waals surface area (Å²) in [5.41, 5.74) is 3.54. The predicted molar refractivity (Wildman–Crippen MR) is 82.5 cm³/mol. The van der Waals surface area contributed by atoms with E-state index in [1.54, 1.807) is 0 Å². The zero-order valence-electron chi connectivity index (χ0n) is 12.5. The Kier molecular flexibility index (Phi) is 3.88. The molecule has 1 saturated heterocycles. The number of carbonyl (C=O) groups is 1. The van der Waals surface area contributed by atoms with Crippen LogP contribution in [0.25, 0.3) is 10.9 Å². The Labute approximate surface area is 124 Å². The molecular formula is C17H20N2O2. The topological polar surface area (TPSA) is 51.2 Å². The van der Waals surface area contributed by atoms with Gasteiger partial charge in [-0.1, -0.05) is 11.6 Å². The Morgan fingerprint density at radius 3 is 3.00 bits per heavy atom. The molecule has 1 amide bonds. The van der Waals surface area contributed by atoms with E-state index in [4.69, 9.17) is 4.74 Å². The summed E-state index contributed by atoms with van der Waals surface area (Å²) in [7, 11) is 0. The number of ether oxygens (including phenoxy) is 1. The second-order valence-corrected chi connectivity index (χ2v) is 5.68. The van der Waals surface area contributed by atoms with Gasteiger partial charge in [-0.15, -0.1) is 0 Å². The number of nitrogens with one attached hydrogen (secondary N) is 1. The Balaban J connectivity index is 1.87. The second-order valence-electron chi connectivity index (χ2n) is 5.68. The molecule has 0 saturated carbocycles. The molecule has 2 aromatic rings. The maximum absolute atomic E-state index is 12.5. The Morgan fingerprint density at radius 2 is 2.24 bits per heavy atom. The predicted octanol–water partition coefficient (Wildman–Crippen LogP) is 2.76. The van der Waals surface area contributed by atoms with E-state index in [1.807, 2.05) is 38.1 Å². The third kappa shape index (κ3) is 3.05. The lowest BCUT2D eigenvalue weighted by Gasteiger charge is -2.12. The van der Waals surface area contributed by atoms with E-state index in [1.165, 1.54) is 0 Å². The standard InChI is InChI=1S/C17H20N2O2/c1-11-5-6-16-14(8-11)15(9-12(2)19-16)17(20)18-10-13-4-3-7-21-13/h5-6,8-9,13H,3-4,7,10H2,1-2H3,(H,18,20). The van der Waals surface area contributed by atoms with Gasteiger partial charge in [-0.25, -0.2) is 0 Å². The van der Waals surface area contributed by atoms with E-state index in [2.05, 4.69) is 10.3 Å². The van der Waals surface area contributed by atoms with Gasteiger partial charge in [-0.2, -0.15) is 0 Å². The first-order valence-corrected chi connectivity index (χ1v) is 7.41. The summed E-state index contributed by atoms with van der Waals surface area (Å²) < 4.78 is 5.54. The number of fused-ring (bicyclic) bond motifs is 1. The van der Waals surface area contributed by atoms with Crippen LogP contribution in [0, 0.1) is 13.8 Å². The third-order valence-corrected chi connectivity index (χ3v) is 3.85. The molecule has 110 valence electrons. The van der Waals surface area contributed by atoms with Crippen molar-refractivity contribution >= 4 is 16.8 Å².